The fourth-order valence-corrected chi connectivity index (χ4v) is 2.59. The number of anilines is 1. The number of nitro groups is 2. The Labute approximate surface area is 138 Å². The molecule has 0 radical (unpaired) electrons. The molecule has 23 heavy (non-hydrogen) atoms. The highest BCUT2D eigenvalue weighted by Crippen LogP contribution is 2.40. The van der Waals surface area contributed by atoms with Crippen LogP contribution in [0.4, 0.5) is 17.1 Å². The van der Waals surface area contributed by atoms with Gasteiger partial charge in [0.05, 0.1) is 22.3 Å². The molecule has 0 aliphatic carbocycles. The van der Waals surface area contributed by atoms with Crippen LogP contribution in [-0.2, 0) is 6.42 Å². The summed E-state index contributed by atoms with van der Waals surface area (Å²) in [5.41, 5.74) is -0.407. The van der Waals surface area contributed by atoms with Crippen LogP contribution in [0.15, 0.2) is 6.07 Å². The molecule has 0 bridgehead atoms. The average Bonchev–Trinajstić information content (AvgIpc) is 2.49. The molecule has 0 saturated carbocycles. The lowest BCUT2D eigenvalue weighted by Gasteiger charge is -2.18. The van der Waals surface area contributed by atoms with E-state index in [4.69, 9.17) is 16.9 Å². The number of aryl methyl sites for hydroxylation is 1. The van der Waals surface area contributed by atoms with Gasteiger partial charge in [0, 0.05) is 23.6 Å². The Balaban J connectivity index is 3.60. The van der Waals surface area contributed by atoms with Gasteiger partial charge in [-0.1, -0.05) is 6.92 Å². The topological polar surface area (TPSA) is 122 Å². The van der Waals surface area contributed by atoms with Gasteiger partial charge >= 0.3 is 5.69 Å². The fourth-order valence-electron chi connectivity index (χ4n) is 2.33. The van der Waals surface area contributed by atoms with Crippen LogP contribution < -0.4 is 5.32 Å². The van der Waals surface area contributed by atoms with Crippen molar-refractivity contribution >= 4 is 28.7 Å². The minimum absolute atomic E-state index is 0.159. The molecule has 0 saturated heterocycles. The number of nitriles is 1. The highest BCUT2D eigenvalue weighted by Gasteiger charge is 2.31. The van der Waals surface area contributed by atoms with Crippen molar-refractivity contribution in [2.24, 2.45) is 0 Å². The third-order valence-electron chi connectivity index (χ3n) is 3.54. The minimum atomic E-state index is -0.678. The lowest BCUT2D eigenvalue weighted by molar-refractivity contribution is -0.392. The molecule has 1 N–H and O–H groups in total. The van der Waals surface area contributed by atoms with E-state index >= 15 is 0 Å². The number of halogens is 1. The maximum absolute atomic E-state index is 11.5. The average molecular weight is 341 g/mol. The van der Waals surface area contributed by atoms with Crippen LogP contribution in [0, 0.1) is 38.5 Å². The van der Waals surface area contributed by atoms with Crippen LogP contribution in [0.5, 0.6) is 0 Å². The van der Waals surface area contributed by atoms with Gasteiger partial charge in [-0.05, 0) is 25.3 Å². The molecule has 1 aromatic carbocycles. The summed E-state index contributed by atoms with van der Waals surface area (Å²) in [4.78, 5) is 21.4. The normalized spacial score (nSPS) is 11.6. The lowest BCUT2D eigenvalue weighted by atomic mass is 10.00. The second-order valence-corrected chi connectivity index (χ2v) is 5.37. The summed E-state index contributed by atoms with van der Waals surface area (Å²) in [6.45, 7) is 3.37. The van der Waals surface area contributed by atoms with E-state index in [-0.39, 0.29) is 29.4 Å². The Morgan fingerprint density at radius 2 is 2.04 bits per heavy atom. The summed E-state index contributed by atoms with van der Waals surface area (Å²) in [6, 6.07) is 2.89. The highest BCUT2D eigenvalue weighted by molar-refractivity contribution is 6.17. The molecule has 1 unspecified atom stereocenters. The first kappa shape index (κ1) is 18.6. The van der Waals surface area contributed by atoms with Crippen molar-refractivity contribution in [1.82, 2.24) is 0 Å². The van der Waals surface area contributed by atoms with Crippen LogP contribution in [0.2, 0.25) is 0 Å². The highest BCUT2D eigenvalue weighted by atomic mass is 35.5. The molecular formula is C14H17ClN4O4. The van der Waals surface area contributed by atoms with Crippen LogP contribution in [0.3, 0.4) is 0 Å². The van der Waals surface area contributed by atoms with E-state index in [9.17, 15) is 20.2 Å². The van der Waals surface area contributed by atoms with Gasteiger partial charge in [0.2, 0.25) is 0 Å². The second-order valence-electron chi connectivity index (χ2n) is 4.99. The molecule has 0 heterocycles. The van der Waals surface area contributed by atoms with Crippen LogP contribution in [0.25, 0.3) is 0 Å². The number of alkyl halides is 1. The second kappa shape index (κ2) is 8.29. The molecule has 0 spiro atoms. The zero-order valence-electron chi connectivity index (χ0n) is 12.8. The summed E-state index contributed by atoms with van der Waals surface area (Å²) >= 11 is 5.70. The van der Waals surface area contributed by atoms with Gasteiger partial charge in [0.25, 0.3) is 5.69 Å². The molecule has 1 aromatic rings. The van der Waals surface area contributed by atoms with E-state index in [1.807, 2.05) is 13.0 Å². The van der Waals surface area contributed by atoms with E-state index in [2.05, 4.69) is 5.32 Å². The Bertz CT molecular complexity index is 657. The smallest absolute Gasteiger partial charge is 0.303 e. The van der Waals surface area contributed by atoms with Gasteiger partial charge in [0.1, 0.15) is 0 Å². The van der Waals surface area contributed by atoms with Gasteiger partial charge in [0.15, 0.2) is 5.69 Å². The number of hydrogen-bond acceptors (Lipinski definition) is 6. The van der Waals surface area contributed by atoms with E-state index in [0.717, 1.165) is 0 Å². The number of nitrogens with one attached hydrogen (secondary N) is 1. The van der Waals surface area contributed by atoms with Gasteiger partial charge in [-0.25, -0.2) is 0 Å². The maximum atomic E-state index is 11.5. The zero-order valence-corrected chi connectivity index (χ0v) is 13.6. The van der Waals surface area contributed by atoms with E-state index in [1.165, 1.54) is 13.0 Å². The Morgan fingerprint density at radius 1 is 1.39 bits per heavy atom. The summed E-state index contributed by atoms with van der Waals surface area (Å²) in [7, 11) is 0. The lowest BCUT2D eigenvalue weighted by Crippen LogP contribution is -2.21. The SMILES string of the molecule is CCC(CCCl)Nc1c([N+](=O)[O-])cc(C)c(CC#N)c1[N+](=O)[O-]. The van der Waals surface area contributed by atoms with Gasteiger partial charge in [-0.2, -0.15) is 5.26 Å². The predicted octanol–water partition coefficient (Wildman–Crippen LogP) is 3.70. The van der Waals surface area contributed by atoms with Crippen molar-refractivity contribution in [3.8, 4) is 6.07 Å². The molecule has 0 aliphatic rings. The van der Waals surface area contributed by atoms with E-state index in [0.29, 0.717) is 24.3 Å². The summed E-state index contributed by atoms with van der Waals surface area (Å²) in [5.74, 6) is 0.323. The van der Waals surface area contributed by atoms with Crippen LogP contribution >= 0.6 is 11.6 Å². The third kappa shape index (κ3) is 4.29. The van der Waals surface area contributed by atoms with Crippen LogP contribution in [-0.4, -0.2) is 21.8 Å². The van der Waals surface area contributed by atoms with Crippen molar-refractivity contribution in [3.05, 3.63) is 37.4 Å². The van der Waals surface area contributed by atoms with Crippen molar-refractivity contribution in [2.45, 2.75) is 39.2 Å². The molecule has 1 atom stereocenters. The number of nitro benzene ring substituents is 2. The predicted molar refractivity (Wildman–Crippen MR) is 86.8 cm³/mol. The van der Waals surface area contributed by atoms with Gasteiger partial charge < -0.3 is 5.32 Å². The van der Waals surface area contributed by atoms with E-state index < -0.39 is 15.5 Å². The Kier molecular flexibility index (Phi) is 6.72. The molecule has 0 aliphatic heterocycles. The number of rotatable bonds is 8. The van der Waals surface area contributed by atoms with Crippen molar-refractivity contribution < 1.29 is 9.85 Å². The first-order chi connectivity index (χ1) is 10.9. The molecule has 8 nitrogen and oxygen atoms in total. The van der Waals surface area contributed by atoms with Crippen molar-refractivity contribution in [1.29, 1.82) is 5.26 Å². The fraction of sp³-hybridized carbons (Fsp3) is 0.500. The van der Waals surface area contributed by atoms with E-state index in [1.54, 1.807) is 0 Å². The first-order valence-electron chi connectivity index (χ1n) is 7.02. The zero-order chi connectivity index (χ0) is 17.6. The summed E-state index contributed by atoms with van der Waals surface area (Å²) < 4.78 is 0. The summed E-state index contributed by atoms with van der Waals surface area (Å²) in [5, 5.41) is 34.5. The summed E-state index contributed by atoms with van der Waals surface area (Å²) in [6.07, 6.45) is 0.914. The van der Waals surface area contributed by atoms with Gasteiger partial charge in [-0.15, -0.1) is 11.6 Å². The first-order valence-corrected chi connectivity index (χ1v) is 7.55. The molecule has 124 valence electrons. The van der Waals surface area contributed by atoms with Crippen molar-refractivity contribution in [2.75, 3.05) is 11.2 Å². The molecule has 1 rings (SSSR count). The quantitative estimate of drug-likeness (QED) is 0.437. The standard InChI is InChI=1S/C14H17ClN4O4/c1-3-10(4-6-15)17-13-12(18(20)21)8-9(2)11(5-7-16)14(13)19(22)23/h8,10,17H,3-6H2,1-2H3. The number of benzene rings is 1. The molecule has 0 amide bonds. The Morgan fingerprint density at radius 3 is 2.48 bits per heavy atom. The molecular weight excluding hydrogens is 324 g/mol. The van der Waals surface area contributed by atoms with Crippen LogP contribution in [0.1, 0.15) is 30.9 Å². The third-order valence-corrected chi connectivity index (χ3v) is 3.76. The number of nitrogens with zero attached hydrogens (tertiary/aromatic N) is 3. The molecule has 0 aromatic heterocycles. The molecule has 9 heteroatoms. The van der Waals surface area contributed by atoms with Crippen molar-refractivity contribution in [3.63, 3.8) is 0 Å². The number of hydrogen-bond donors (Lipinski definition) is 1. The van der Waals surface area contributed by atoms with Gasteiger partial charge in [-0.3, -0.25) is 20.2 Å². The largest absolute Gasteiger partial charge is 0.371 e. The minimum Gasteiger partial charge on any atom is -0.371 e. The molecule has 0 fully saturated rings. The Hall–Kier alpha value is -2.40. The monoisotopic (exact) mass is 340 g/mol. The maximum Gasteiger partial charge on any atom is 0.303 e.